The highest BCUT2D eigenvalue weighted by Crippen LogP contribution is 2.34. The maximum atomic E-state index is 10.9. The molecule has 14 heavy (non-hydrogen) atoms. The Hall–Kier alpha value is -0.720. The van der Waals surface area contributed by atoms with E-state index in [2.05, 4.69) is 20.9 Å². The fourth-order valence-electron chi connectivity index (χ4n) is 1.03. The smallest absolute Gasteiger partial charge is 0.356 e. The van der Waals surface area contributed by atoms with E-state index in [0.717, 1.165) is 5.56 Å². The minimum Gasteiger partial charge on any atom is -0.476 e. The average Bonchev–Trinajstić information content (AvgIpc) is 2.70. The molecule has 0 radical (unpaired) electrons. The van der Waals surface area contributed by atoms with Crippen molar-refractivity contribution in [1.82, 2.24) is 4.98 Å². The maximum absolute atomic E-state index is 10.9. The number of hydrogen-bond acceptors (Lipinski definition) is 4. The Morgan fingerprint density at radius 3 is 2.93 bits per heavy atom. The molecule has 2 heterocycles. The fourth-order valence-corrected chi connectivity index (χ4v) is 3.19. The van der Waals surface area contributed by atoms with Gasteiger partial charge in [0.15, 0.2) is 9.61 Å². The lowest BCUT2D eigenvalue weighted by atomic mass is 10.2. The Morgan fingerprint density at radius 2 is 2.36 bits per heavy atom. The molecule has 72 valence electrons. The molecular formula is C8H4BrNO2S2. The monoisotopic (exact) mass is 289 g/mol. The van der Waals surface area contributed by atoms with Gasteiger partial charge in [0, 0.05) is 5.56 Å². The van der Waals surface area contributed by atoms with E-state index in [1.807, 2.05) is 16.8 Å². The molecule has 3 nitrogen and oxygen atoms in total. The lowest BCUT2D eigenvalue weighted by Crippen LogP contribution is -1.97. The summed E-state index contributed by atoms with van der Waals surface area (Å²) < 4.78 is 0.594. The van der Waals surface area contributed by atoms with Crippen molar-refractivity contribution in [1.29, 1.82) is 0 Å². The van der Waals surface area contributed by atoms with E-state index in [0.29, 0.717) is 8.79 Å². The van der Waals surface area contributed by atoms with Gasteiger partial charge >= 0.3 is 5.97 Å². The zero-order valence-corrected chi connectivity index (χ0v) is 9.95. The van der Waals surface area contributed by atoms with Gasteiger partial charge in [0.05, 0.1) is 4.88 Å². The second-order valence-corrected chi connectivity index (χ2v) is 5.52. The summed E-state index contributed by atoms with van der Waals surface area (Å²) in [4.78, 5) is 15.5. The van der Waals surface area contributed by atoms with Crippen LogP contribution in [0, 0.1) is 0 Å². The van der Waals surface area contributed by atoms with Crippen LogP contribution in [0.3, 0.4) is 0 Å². The Balaban J connectivity index is 2.58. The maximum Gasteiger partial charge on any atom is 0.356 e. The van der Waals surface area contributed by atoms with Crippen molar-refractivity contribution in [3.05, 3.63) is 26.4 Å². The molecule has 2 aromatic rings. The molecule has 0 atom stereocenters. The summed E-state index contributed by atoms with van der Waals surface area (Å²) in [6, 6.07) is 1.89. The first-order chi connectivity index (χ1) is 6.68. The van der Waals surface area contributed by atoms with Crippen molar-refractivity contribution >= 4 is 44.6 Å². The van der Waals surface area contributed by atoms with Crippen LogP contribution in [0.4, 0.5) is 0 Å². The molecule has 1 N–H and O–H groups in total. The van der Waals surface area contributed by atoms with E-state index in [1.54, 1.807) is 0 Å². The first kappa shape index (κ1) is 9.82. The van der Waals surface area contributed by atoms with Gasteiger partial charge in [-0.2, -0.15) is 11.3 Å². The molecule has 6 heteroatoms. The van der Waals surface area contributed by atoms with Crippen molar-refractivity contribution in [2.75, 3.05) is 0 Å². The van der Waals surface area contributed by atoms with Crippen LogP contribution in [0.5, 0.6) is 0 Å². The third-order valence-electron chi connectivity index (χ3n) is 1.59. The predicted octanol–water partition coefficient (Wildman–Crippen LogP) is 3.33. The molecule has 0 amide bonds. The minimum atomic E-state index is -0.992. The van der Waals surface area contributed by atoms with Gasteiger partial charge in [0.25, 0.3) is 0 Å². The standard InChI is InChI=1S/C8H4BrNO2S2/c9-8-10-5(7(11)12)6(14-8)4-1-2-13-3-4/h1-3H,(H,11,12). The number of aromatic nitrogens is 1. The lowest BCUT2D eigenvalue weighted by molar-refractivity contribution is 0.0692. The number of carbonyl (C=O) groups is 1. The molecule has 0 aliphatic carbocycles. The normalized spacial score (nSPS) is 10.4. The van der Waals surface area contributed by atoms with Crippen LogP contribution in [0.15, 0.2) is 20.7 Å². The summed E-state index contributed by atoms with van der Waals surface area (Å²) in [6.45, 7) is 0. The largest absolute Gasteiger partial charge is 0.476 e. The highest BCUT2D eigenvalue weighted by atomic mass is 79.9. The highest BCUT2D eigenvalue weighted by molar-refractivity contribution is 9.11. The fraction of sp³-hybridized carbons (Fsp3) is 0. The SMILES string of the molecule is O=C(O)c1nc(Br)sc1-c1ccsc1. The van der Waals surface area contributed by atoms with Gasteiger partial charge in [-0.3, -0.25) is 0 Å². The third-order valence-corrected chi connectivity index (χ3v) is 3.83. The van der Waals surface area contributed by atoms with Crippen LogP contribution >= 0.6 is 38.6 Å². The van der Waals surface area contributed by atoms with E-state index in [4.69, 9.17) is 5.11 Å². The summed E-state index contributed by atoms with van der Waals surface area (Å²) in [5, 5.41) is 12.7. The van der Waals surface area contributed by atoms with Crippen LogP contribution < -0.4 is 0 Å². The van der Waals surface area contributed by atoms with Crippen LogP contribution in [0.25, 0.3) is 10.4 Å². The van der Waals surface area contributed by atoms with Crippen molar-refractivity contribution < 1.29 is 9.90 Å². The summed E-state index contributed by atoms with van der Waals surface area (Å²) in [5.41, 5.74) is 1.02. The molecule has 2 aromatic heterocycles. The second kappa shape index (κ2) is 3.80. The number of nitrogens with zero attached hydrogens (tertiary/aromatic N) is 1. The molecule has 0 spiro atoms. The number of carboxylic acid groups (broad SMARTS) is 1. The van der Waals surface area contributed by atoms with Gasteiger partial charge in [-0.05, 0) is 32.8 Å². The molecule has 0 aliphatic heterocycles. The van der Waals surface area contributed by atoms with Gasteiger partial charge < -0.3 is 5.11 Å². The summed E-state index contributed by atoms with van der Waals surface area (Å²) in [7, 11) is 0. The van der Waals surface area contributed by atoms with E-state index in [9.17, 15) is 4.79 Å². The molecule has 0 saturated carbocycles. The van der Waals surface area contributed by atoms with E-state index < -0.39 is 5.97 Å². The quantitative estimate of drug-likeness (QED) is 0.923. The molecule has 0 aromatic carbocycles. The number of rotatable bonds is 2. The Kier molecular flexibility index (Phi) is 2.66. The zero-order valence-electron chi connectivity index (χ0n) is 6.73. The first-order valence-corrected chi connectivity index (χ1v) is 6.16. The molecular weight excluding hydrogens is 286 g/mol. The highest BCUT2D eigenvalue weighted by Gasteiger charge is 2.17. The van der Waals surface area contributed by atoms with E-state index in [1.165, 1.54) is 22.7 Å². The van der Waals surface area contributed by atoms with Gasteiger partial charge in [-0.25, -0.2) is 9.78 Å². The summed E-state index contributed by atoms with van der Waals surface area (Å²) in [6.07, 6.45) is 0. The van der Waals surface area contributed by atoms with Crippen molar-refractivity contribution in [2.45, 2.75) is 0 Å². The van der Waals surface area contributed by atoms with E-state index in [-0.39, 0.29) is 5.69 Å². The number of hydrogen-bond donors (Lipinski definition) is 1. The number of aromatic carboxylic acids is 1. The molecule has 0 unspecified atom stereocenters. The molecule has 0 fully saturated rings. The Morgan fingerprint density at radius 1 is 1.57 bits per heavy atom. The zero-order chi connectivity index (χ0) is 10.1. The van der Waals surface area contributed by atoms with Crippen LogP contribution in [-0.4, -0.2) is 16.1 Å². The number of carboxylic acids is 1. The third kappa shape index (κ3) is 1.73. The first-order valence-electron chi connectivity index (χ1n) is 3.60. The number of thiophene rings is 1. The summed E-state index contributed by atoms with van der Waals surface area (Å²) >= 11 is 6.05. The van der Waals surface area contributed by atoms with Crippen LogP contribution in [-0.2, 0) is 0 Å². The second-order valence-electron chi connectivity index (χ2n) is 2.46. The van der Waals surface area contributed by atoms with Crippen molar-refractivity contribution in [2.24, 2.45) is 0 Å². The minimum absolute atomic E-state index is 0.111. The molecule has 2 rings (SSSR count). The van der Waals surface area contributed by atoms with Crippen LogP contribution in [0.2, 0.25) is 0 Å². The average molecular weight is 290 g/mol. The topological polar surface area (TPSA) is 50.2 Å². The van der Waals surface area contributed by atoms with Crippen molar-refractivity contribution in [3.8, 4) is 10.4 Å². The molecule has 0 saturated heterocycles. The van der Waals surface area contributed by atoms with Gasteiger partial charge in [-0.1, -0.05) is 0 Å². The van der Waals surface area contributed by atoms with Gasteiger partial charge in [0.2, 0.25) is 0 Å². The predicted molar refractivity (Wildman–Crippen MR) is 60.1 cm³/mol. The van der Waals surface area contributed by atoms with E-state index >= 15 is 0 Å². The Labute approximate surface area is 96.2 Å². The van der Waals surface area contributed by atoms with Gasteiger partial charge in [0.1, 0.15) is 0 Å². The number of halogens is 1. The number of thiazole rings is 1. The van der Waals surface area contributed by atoms with Crippen LogP contribution in [0.1, 0.15) is 10.5 Å². The molecule has 0 bridgehead atoms. The van der Waals surface area contributed by atoms with Crippen molar-refractivity contribution in [3.63, 3.8) is 0 Å². The summed E-state index contributed by atoms with van der Waals surface area (Å²) in [5.74, 6) is -0.992. The van der Waals surface area contributed by atoms with Gasteiger partial charge in [-0.15, -0.1) is 11.3 Å². The Bertz CT molecular complexity index is 464. The molecule has 0 aliphatic rings. The lowest BCUT2D eigenvalue weighted by Gasteiger charge is -1.92.